The monoisotopic (exact) mass is 405 g/mol. The van der Waals surface area contributed by atoms with Gasteiger partial charge in [0.25, 0.3) is 0 Å². The van der Waals surface area contributed by atoms with Gasteiger partial charge in [-0.15, -0.1) is 0 Å². The van der Waals surface area contributed by atoms with Crippen molar-refractivity contribution in [2.75, 3.05) is 26.6 Å². The second-order valence-electron chi connectivity index (χ2n) is 6.70. The van der Waals surface area contributed by atoms with Crippen LogP contribution in [0.25, 0.3) is 10.9 Å². The first-order valence-electron chi connectivity index (χ1n) is 9.51. The van der Waals surface area contributed by atoms with Gasteiger partial charge >= 0.3 is 0 Å². The third kappa shape index (κ3) is 4.12. The van der Waals surface area contributed by atoms with E-state index in [0.717, 1.165) is 46.5 Å². The van der Waals surface area contributed by atoms with Crippen LogP contribution in [0, 0.1) is 0 Å². The molecule has 154 valence electrons. The zero-order valence-electron chi connectivity index (χ0n) is 17.1. The van der Waals surface area contributed by atoms with Gasteiger partial charge in [0, 0.05) is 17.8 Å². The standard InChI is InChI=1S/C22H23N5O3/c1-28-16-9-14(10-17(12-16)29-2)7-8-15-11-20(27-26-15)25-22-21-18(23-13-24-22)5-4-6-19(21)30-3/h4-6,9-13H,7-8H2,1-3H3,(H2,23,24,25,26,27). The maximum atomic E-state index is 5.47. The Hall–Kier alpha value is -3.81. The minimum absolute atomic E-state index is 0.646. The molecule has 2 N–H and O–H groups in total. The molecule has 0 amide bonds. The van der Waals surface area contributed by atoms with E-state index in [-0.39, 0.29) is 0 Å². The molecule has 2 aromatic heterocycles. The Labute approximate surface area is 174 Å². The minimum Gasteiger partial charge on any atom is -0.497 e. The Morgan fingerprint density at radius 1 is 0.900 bits per heavy atom. The number of aromatic nitrogens is 4. The number of ether oxygens (including phenoxy) is 3. The summed E-state index contributed by atoms with van der Waals surface area (Å²) >= 11 is 0. The van der Waals surface area contributed by atoms with Crippen molar-refractivity contribution in [2.45, 2.75) is 12.8 Å². The number of rotatable bonds is 8. The third-order valence-corrected chi connectivity index (χ3v) is 4.82. The van der Waals surface area contributed by atoms with Gasteiger partial charge in [-0.1, -0.05) is 6.07 Å². The number of benzene rings is 2. The lowest BCUT2D eigenvalue weighted by Gasteiger charge is -2.09. The molecule has 4 rings (SSSR count). The van der Waals surface area contributed by atoms with E-state index in [4.69, 9.17) is 14.2 Å². The molecular weight excluding hydrogens is 382 g/mol. The van der Waals surface area contributed by atoms with Crippen molar-refractivity contribution in [1.82, 2.24) is 20.2 Å². The molecule has 8 heteroatoms. The van der Waals surface area contributed by atoms with Crippen molar-refractivity contribution in [2.24, 2.45) is 0 Å². The predicted octanol–water partition coefficient (Wildman–Crippen LogP) is 3.91. The normalized spacial score (nSPS) is 10.8. The van der Waals surface area contributed by atoms with Crippen LogP contribution in [0.2, 0.25) is 0 Å². The van der Waals surface area contributed by atoms with E-state index in [2.05, 4.69) is 25.5 Å². The predicted molar refractivity (Wildman–Crippen MR) is 115 cm³/mol. The quantitative estimate of drug-likeness (QED) is 0.459. The molecule has 0 atom stereocenters. The molecule has 4 aromatic rings. The van der Waals surface area contributed by atoms with Crippen LogP contribution >= 0.6 is 0 Å². The molecule has 0 aliphatic carbocycles. The third-order valence-electron chi connectivity index (χ3n) is 4.82. The maximum Gasteiger partial charge on any atom is 0.153 e. The van der Waals surface area contributed by atoms with Gasteiger partial charge in [0.1, 0.15) is 29.4 Å². The van der Waals surface area contributed by atoms with Gasteiger partial charge in [-0.25, -0.2) is 9.97 Å². The average molecular weight is 405 g/mol. The van der Waals surface area contributed by atoms with E-state index in [1.807, 2.05) is 42.5 Å². The minimum atomic E-state index is 0.646. The lowest BCUT2D eigenvalue weighted by molar-refractivity contribution is 0.393. The first-order valence-corrected chi connectivity index (χ1v) is 9.51. The second-order valence-corrected chi connectivity index (χ2v) is 6.70. The first-order chi connectivity index (χ1) is 14.7. The Morgan fingerprint density at radius 2 is 1.70 bits per heavy atom. The summed E-state index contributed by atoms with van der Waals surface area (Å²) in [4.78, 5) is 8.68. The fourth-order valence-corrected chi connectivity index (χ4v) is 3.31. The van der Waals surface area contributed by atoms with E-state index in [0.29, 0.717) is 17.4 Å². The van der Waals surface area contributed by atoms with Crippen LogP contribution in [0.1, 0.15) is 11.3 Å². The molecule has 0 fully saturated rings. The zero-order chi connectivity index (χ0) is 20.9. The lowest BCUT2D eigenvalue weighted by Crippen LogP contribution is -1.98. The number of aromatic amines is 1. The molecule has 2 heterocycles. The van der Waals surface area contributed by atoms with Gasteiger partial charge in [-0.2, -0.15) is 5.10 Å². The number of H-pyrrole nitrogens is 1. The number of nitrogens with one attached hydrogen (secondary N) is 2. The number of hydrogen-bond donors (Lipinski definition) is 2. The van der Waals surface area contributed by atoms with Crippen molar-refractivity contribution < 1.29 is 14.2 Å². The number of aryl methyl sites for hydroxylation is 2. The highest BCUT2D eigenvalue weighted by Gasteiger charge is 2.11. The highest BCUT2D eigenvalue weighted by molar-refractivity contribution is 5.95. The fourth-order valence-electron chi connectivity index (χ4n) is 3.31. The van der Waals surface area contributed by atoms with E-state index >= 15 is 0 Å². The molecule has 0 saturated heterocycles. The molecule has 2 aromatic carbocycles. The van der Waals surface area contributed by atoms with Gasteiger partial charge in [0.15, 0.2) is 5.82 Å². The summed E-state index contributed by atoms with van der Waals surface area (Å²) < 4.78 is 16.2. The van der Waals surface area contributed by atoms with E-state index in [1.54, 1.807) is 21.3 Å². The maximum absolute atomic E-state index is 5.47. The smallest absolute Gasteiger partial charge is 0.153 e. The van der Waals surface area contributed by atoms with Gasteiger partial charge in [-0.3, -0.25) is 5.10 Å². The summed E-state index contributed by atoms with van der Waals surface area (Å²) in [6, 6.07) is 13.6. The van der Waals surface area contributed by atoms with Crippen molar-refractivity contribution in [3.8, 4) is 17.2 Å². The Balaban J connectivity index is 1.50. The van der Waals surface area contributed by atoms with Crippen LogP contribution in [0.3, 0.4) is 0 Å². The highest BCUT2D eigenvalue weighted by atomic mass is 16.5. The van der Waals surface area contributed by atoms with Crippen LogP contribution in [0.4, 0.5) is 11.6 Å². The molecule has 0 spiro atoms. The van der Waals surface area contributed by atoms with Crippen LogP contribution in [-0.2, 0) is 12.8 Å². The van der Waals surface area contributed by atoms with Gasteiger partial charge in [0.2, 0.25) is 0 Å². The SMILES string of the molecule is COc1cc(CCc2cc(Nc3ncnc4cccc(OC)c34)n[nH]2)cc(OC)c1. The topological polar surface area (TPSA) is 94.2 Å². The number of fused-ring (bicyclic) bond motifs is 1. The summed E-state index contributed by atoms with van der Waals surface area (Å²) in [5, 5.41) is 11.5. The molecule has 0 aliphatic heterocycles. The van der Waals surface area contributed by atoms with Gasteiger partial charge in [-0.05, 0) is 42.7 Å². The number of methoxy groups -OCH3 is 3. The summed E-state index contributed by atoms with van der Waals surface area (Å²) in [6.45, 7) is 0. The number of nitrogens with zero attached hydrogens (tertiary/aromatic N) is 3. The average Bonchev–Trinajstić information content (AvgIpc) is 3.24. The Kier molecular flexibility index (Phi) is 5.65. The van der Waals surface area contributed by atoms with Crippen molar-refractivity contribution in [1.29, 1.82) is 0 Å². The molecule has 0 bridgehead atoms. The van der Waals surface area contributed by atoms with Crippen molar-refractivity contribution in [3.05, 3.63) is 60.0 Å². The number of hydrogen-bond acceptors (Lipinski definition) is 7. The number of anilines is 2. The van der Waals surface area contributed by atoms with Gasteiger partial charge in [0.05, 0.1) is 32.2 Å². The molecule has 0 aliphatic rings. The zero-order valence-corrected chi connectivity index (χ0v) is 17.1. The molecule has 30 heavy (non-hydrogen) atoms. The lowest BCUT2D eigenvalue weighted by atomic mass is 10.1. The van der Waals surface area contributed by atoms with Crippen LogP contribution < -0.4 is 19.5 Å². The molecule has 0 unspecified atom stereocenters. The van der Waals surface area contributed by atoms with Crippen LogP contribution in [-0.4, -0.2) is 41.5 Å². The van der Waals surface area contributed by atoms with Gasteiger partial charge < -0.3 is 19.5 Å². The Bertz CT molecular complexity index is 1130. The molecule has 0 radical (unpaired) electrons. The summed E-state index contributed by atoms with van der Waals surface area (Å²) in [5.74, 6) is 3.59. The molecule has 0 saturated carbocycles. The summed E-state index contributed by atoms with van der Waals surface area (Å²) in [6.07, 6.45) is 3.13. The van der Waals surface area contributed by atoms with E-state index < -0.39 is 0 Å². The molecular formula is C22H23N5O3. The Morgan fingerprint density at radius 3 is 2.43 bits per heavy atom. The van der Waals surface area contributed by atoms with E-state index in [1.165, 1.54) is 6.33 Å². The van der Waals surface area contributed by atoms with Crippen molar-refractivity contribution in [3.63, 3.8) is 0 Å². The van der Waals surface area contributed by atoms with Crippen LogP contribution in [0.15, 0.2) is 48.8 Å². The fraction of sp³-hybridized carbons (Fsp3) is 0.227. The summed E-state index contributed by atoms with van der Waals surface area (Å²) in [7, 11) is 4.93. The second kappa shape index (κ2) is 8.69. The first kappa shape index (κ1) is 19.5. The largest absolute Gasteiger partial charge is 0.497 e. The molecule has 8 nitrogen and oxygen atoms in total. The van der Waals surface area contributed by atoms with Crippen molar-refractivity contribution >= 4 is 22.5 Å². The summed E-state index contributed by atoms with van der Waals surface area (Å²) in [5.41, 5.74) is 2.93. The van der Waals surface area contributed by atoms with E-state index in [9.17, 15) is 0 Å². The highest BCUT2D eigenvalue weighted by Crippen LogP contribution is 2.31. The van der Waals surface area contributed by atoms with Crippen LogP contribution in [0.5, 0.6) is 17.2 Å².